The van der Waals surface area contributed by atoms with Crippen LogP contribution in [0.4, 0.5) is 5.69 Å². The molecule has 0 aliphatic heterocycles. The summed E-state index contributed by atoms with van der Waals surface area (Å²) in [5.41, 5.74) is 9.74. The monoisotopic (exact) mass is 882 g/mol. The van der Waals surface area contributed by atoms with E-state index in [4.69, 9.17) is 24.4 Å². The SMILES string of the molecule is C=C/C=N\c1c(C)n(-c2cccc3c2oc2c([Si](c4ccccc4)(c4ccccc4)c4nccc5c4sc4c(-n6c7ccccc7c7ncccc76)cccc45)nccc23)c2ccccc12. The van der Waals surface area contributed by atoms with Crippen LogP contribution in [0.2, 0.25) is 0 Å². The van der Waals surface area contributed by atoms with Gasteiger partial charge in [-0.3, -0.25) is 19.9 Å². The van der Waals surface area contributed by atoms with E-state index in [-0.39, 0.29) is 0 Å². The van der Waals surface area contributed by atoms with Gasteiger partial charge in [0.1, 0.15) is 0 Å². The lowest BCUT2D eigenvalue weighted by atomic mass is 10.1. The van der Waals surface area contributed by atoms with Gasteiger partial charge in [0.2, 0.25) is 8.07 Å². The van der Waals surface area contributed by atoms with Gasteiger partial charge < -0.3 is 13.6 Å². The number of hydrogen-bond acceptors (Lipinski definition) is 6. The van der Waals surface area contributed by atoms with Crippen LogP contribution < -0.4 is 21.0 Å². The third kappa shape index (κ3) is 5.35. The standard InChI is InChI=1S/C57H38N6OSSi/c1-3-32-58-50-36(2)62(45-25-12-10-21-43(45)50)48-27-14-23-39-40-30-34-60-56(53(40)64-52(39)48)66(37-17-6-4-7-18-37,38-19-8-5-9-20-38)57-55-42(31-35-61-57)41-24-15-28-49(54(41)65-55)63-46-26-13-11-22-44(46)51-47(63)29-16-33-59-51/h3-35H,1H2,2H3/b58-32-. The number of hydrogen-bond donors (Lipinski definition) is 0. The third-order valence-electron chi connectivity index (χ3n) is 13.2. The fourth-order valence-electron chi connectivity index (χ4n) is 10.5. The zero-order valence-electron chi connectivity index (χ0n) is 35.8. The molecule has 7 nitrogen and oxygen atoms in total. The van der Waals surface area contributed by atoms with Gasteiger partial charge in [-0.05, 0) is 65.8 Å². The van der Waals surface area contributed by atoms with E-state index >= 15 is 0 Å². The quantitative estimate of drug-likeness (QED) is 0.113. The Morgan fingerprint density at radius 3 is 1.86 bits per heavy atom. The number of thiophene rings is 1. The van der Waals surface area contributed by atoms with Gasteiger partial charge in [0, 0.05) is 62.8 Å². The summed E-state index contributed by atoms with van der Waals surface area (Å²) in [7, 11) is -3.45. The van der Waals surface area contributed by atoms with Crippen molar-refractivity contribution >= 4 is 127 Å². The fourth-order valence-corrected chi connectivity index (χ4v) is 16.9. The summed E-state index contributed by atoms with van der Waals surface area (Å²) in [5.74, 6) is 0. The van der Waals surface area contributed by atoms with Crippen LogP contribution in [0.25, 0.3) is 86.3 Å². The highest BCUT2D eigenvalue weighted by Gasteiger charge is 2.48. The van der Waals surface area contributed by atoms with Gasteiger partial charge in [-0.2, -0.15) is 0 Å². The highest BCUT2D eigenvalue weighted by molar-refractivity contribution is 7.31. The number of allylic oxidation sites excluding steroid dienone is 1. The molecule has 0 saturated carbocycles. The van der Waals surface area contributed by atoms with Crippen molar-refractivity contribution in [3.05, 3.63) is 207 Å². The molecule has 0 unspecified atom stereocenters. The molecule has 13 aromatic rings. The average Bonchev–Trinajstić information content (AvgIpc) is 4.12. The summed E-state index contributed by atoms with van der Waals surface area (Å²) < 4.78 is 14.4. The first-order valence-electron chi connectivity index (χ1n) is 22.0. The second kappa shape index (κ2) is 14.9. The van der Waals surface area contributed by atoms with E-state index in [1.807, 2.05) is 36.0 Å². The Morgan fingerprint density at radius 2 is 1.11 bits per heavy atom. The summed E-state index contributed by atoms with van der Waals surface area (Å²) in [6.07, 6.45) is 9.31. The molecule has 7 heterocycles. The first-order valence-corrected chi connectivity index (χ1v) is 24.8. The Labute approximate surface area is 383 Å². The fraction of sp³-hybridized carbons (Fsp3) is 0.0175. The van der Waals surface area contributed by atoms with E-state index < -0.39 is 8.07 Å². The van der Waals surface area contributed by atoms with E-state index in [0.717, 1.165) is 98.3 Å². The first kappa shape index (κ1) is 38.2. The lowest BCUT2D eigenvalue weighted by Crippen LogP contribution is -2.76. The van der Waals surface area contributed by atoms with Gasteiger partial charge in [0.05, 0.1) is 59.2 Å². The molecule has 0 fully saturated rings. The predicted octanol–water partition coefficient (Wildman–Crippen LogP) is 11.8. The molecule has 7 aromatic heterocycles. The van der Waals surface area contributed by atoms with Crippen molar-refractivity contribution in [3.63, 3.8) is 0 Å². The Kier molecular flexibility index (Phi) is 8.64. The van der Waals surface area contributed by atoms with Crippen LogP contribution in [0, 0.1) is 6.92 Å². The summed E-state index contributed by atoms with van der Waals surface area (Å²) in [5, 5.41) is 10.8. The minimum atomic E-state index is -3.45. The maximum absolute atomic E-state index is 7.42. The number of benzene rings is 6. The molecule has 0 N–H and O–H groups in total. The molecule has 312 valence electrons. The third-order valence-corrected chi connectivity index (χ3v) is 19.2. The molecule has 0 spiro atoms. The van der Waals surface area contributed by atoms with E-state index in [1.54, 1.807) is 12.3 Å². The number of aliphatic imine (C=N–C) groups is 1. The smallest absolute Gasteiger partial charge is 0.230 e. The zero-order valence-corrected chi connectivity index (χ0v) is 37.6. The highest BCUT2D eigenvalue weighted by Crippen LogP contribution is 2.42. The van der Waals surface area contributed by atoms with E-state index in [9.17, 15) is 0 Å². The lowest BCUT2D eigenvalue weighted by molar-refractivity contribution is 0.666. The van der Waals surface area contributed by atoms with Crippen LogP contribution in [0.1, 0.15) is 5.69 Å². The maximum atomic E-state index is 7.42. The molecule has 0 atom stereocenters. The molecule has 13 rings (SSSR count). The Morgan fingerprint density at radius 1 is 0.515 bits per heavy atom. The maximum Gasteiger partial charge on any atom is 0.230 e. The number of para-hydroxylation sites is 3. The number of rotatable bonds is 8. The van der Waals surface area contributed by atoms with Gasteiger partial charge in [-0.1, -0.05) is 134 Å². The molecular weight excluding hydrogens is 845 g/mol. The molecule has 9 heteroatoms. The first-order chi connectivity index (χ1) is 32.7. The van der Waals surface area contributed by atoms with Crippen LogP contribution in [-0.4, -0.2) is 38.4 Å². The van der Waals surface area contributed by atoms with Crippen LogP contribution in [0.5, 0.6) is 0 Å². The molecular formula is C57H38N6OSSi. The Balaban J connectivity index is 1.14. The predicted molar refractivity (Wildman–Crippen MR) is 278 cm³/mol. The zero-order chi connectivity index (χ0) is 43.9. The molecule has 0 aliphatic carbocycles. The number of nitrogens with zero attached hydrogens (tertiary/aromatic N) is 6. The molecule has 0 amide bonds. The minimum absolute atomic E-state index is 0.761. The second-order valence-electron chi connectivity index (χ2n) is 16.6. The van der Waals surface area contributed by atoms with E-state index in [0.29, 0.717) is 0 Å². The molecule has 0 radical (unpaired) electrons. The summed E-state index contributed by atoms with van der Waals surface area (Å²) >= 11 is 1.81. The average molecular weight is 883 g/mol. The summed E-state index contributed by atoms with van der Waals surface area (Å²) in [6.45, 7) is 6.01. The second-order valence-corrected chi connectivity index (χ2v) is 21.2. The molecule has 0 aliphatic rings. The van der Waals surface area contributed by atoms with Crippen molar-refractivity contribution in [1.29, 1.82) is 0 Å². The van der Waals surface area contributed by atoms with Gasteiger partial charge in [0.25, 0.3) is 0 Å². The van der Waals surface area contributed by atoms with Crippen molar-refractivity contribution in [2.45, 2.75) is 6.92 Å². The van der Waals surface area contributed by atoms with Gasteiger partial charge >= 0.3 is 0 Å². The largest absolute Gasteiger partial charge is 0.452 e. The van der Waals surface area contributed by atoms with Crippen LogP contribution in [-0.2, 0) is 0 Å². The number of furan rings is 1. The number of aromatic nitrogens is 5. The summed E-state index contributed by atoms with van der Waals surface area (Å²) in [4.78, 5) is 20.7. The van der Waals surface area contributed by atoms with Crippen molar-refractivity contribution in [1.82, 2.24) is 24.1 Å². The number of pyridine rings is 3. The minimum Gasteiger partial charge on any atom is -0.452 e. The van der Waals surface area contributed by atoms with Crippen molar-refractivity contribution < 1.29 is 4.42 Å². The number of fused-ring (bicyclic) bond motifs is 10. The van der Waals surface area contributed by atoms with Gasteiger partial charge in [-0.15, -0.1) is 11.3 Å². The lowest BCUT2D eigenvalue weighted by Gasteiger charge is -2.32. The van der Waals surface area contributed by atoms with Crippen LogP contribution in [0.15, 0.2) is 211 Å². The van der Waals surface area contributed by atoms with Crippen molar-refractivity contribution in [3.8, 4) is 11.4 Å². The van der Waals surface area contributed by atoms with Crippen molar-refractivity contribution in [2.24, 2.45) is 4.99 Å². The highest BCUT2D eigenvalue weighted by atomic mass is 32.1. The Bertz CT molecular complexity index is 4010. The molecule has 66 heavy (non-hydrogen) atoms. The van der Waals surface area contributed by atoms with Gasteiger partial charge in [0.15, 0.2) is 11.2 Å². The van der Waals surface area contributed by atoms with Crippen molar-refractivity contribution in [2.75, 3.05) is 0 Å². The molecule has 0 saturated heterocycles. The van der Waals surface area contributed by atoms with E-state index in [2.05, 4.69) is 186 Å². The van der Waals surface area contributed by atoms with Gasteiger partial charge in [-0.25, -0.2) is 0 Å². The molecule has 0 bridgehead atoms. The van der Waals surface area contributed by atoms with Crippen LogP contribution >= 0.6 is 11.3 Å². The van der Waals surface area contributed by atoms with E-state index in [1.165, 1.54) is 20.5 Å². The topological polar surface area (TPSA) is 74.0 Å². The Hall–Kier alpha value is -8.24. The van der Waals surface area contributed by atoms with Crippen LogP contribution in [0.3, 0.4) is 0 Å². The summed E-state index contributed by atoms with van der Waals surface area (Å²) in [6, 6.07) is 60.3. The normalized spacial score (nSPS) is 12.3. The molecule has 6 aromatic carbocycles.